The van der Waals surface area contributed by atoms with E-state index in [1.54, 1.807) is 0 Å². The van der Waals surface area contributed by atoms with Gasteiger partial charge in [-0.3, -0.25) is 4.79 Å². The second-order valence-electron chi connectivity index (χ2n) is 7.36. The van der Waals surface area contributed by atoms with E-state index in [9.17, 15) is 4.79 Å². The van der Waals surface area contributed by atoms with Crippen LogP contribution in [0.15, 0.2) is 78.9 Å². The van der Waals surface area contributed by atoms with Gasteiger partial charge in [-0.25, -0.2) is 0 Å². The molecule has 0 heterocycles. The van der Waals surface area contributed by atoms with Crippen molar-refractivity contribution < 1.29 is 4.79 Å². The van der Waals surface area contributed by atoms with E-state index in [1.807, 2.05) is 53.4 Å². The molecule has 27 heavy (non-hydrogen) atoms. The molecule has 0 aliphatic carbocycles. The van der Waals surface area contributed by atoms with Crippen molar-refractivity contribution in [1.82, 2.24) is 4.90 Å². The summed E-state index contributed by atoms with van der Waals surface area (Å²) >= 11 is 0. The maximum atomic E-state index is 13.5. The van der Waals surface area contributed by atoms with Gasteiger partial charge in [-0.05, 0) is 50.5 Å². The average Bonchev–Trinajstić information content (AvgIpc) is 2.68. The van der Waals surface area contributed by atoms with Crippen LogP contribution in [0.5, 0.6) is 0 Å². The monoisotopic (exact) mass is 357 g/mol. The van der Waals surface area contributed by atoms with Gasteiger partial charge in [0, 0.05) is 23.2 Å². The maximum absolute atomic E-state index is 13.5. The highest BCUT2D eigenvalue weighted by atomic mass is 16.2. The molecule has 3 rings (SSSR count). The summed E-state index contributed by atoms with van der Waals surface area (Å²) in [6, 6.07) is 26.8. The minimum Gasteiger partial charge on any atom is -0.334 e. The van der Waals surface area contributed by atoms with Crippen LogP contribution < -0.4 is 0 Å². The Kier molecular flexibility index (Phi) is 5.75. The summed E-state index contributed by atoms with van der Waals surface area (Å²) in [7, 11) is 0. The second kappa shape index (κ2) is 8.22. The van der Waals surface area contributed by atoms with Crippen molar-refractivity contribution in [2.24, 2.45) is 0 Å². The molecule has 0 bridgehead atoms. The first-order valence-corrected chi connectivity index (χ1v) is 9.57. The second-order valence-corrected chi connectivity index (χ2v) is 7.36. The van der Waals surface area contributed by atoms with Gasteiger partial charge in [-0.15, -0.1) is 0 Å². The van der Waals surface area contributed by atoms with E-state index in [1.165, 1.54) is 0 Å². The van der Waals surface area contributed by atoms with Gasteiger partial charge in [-0.2, -0.15) is 0 Å². The topological polar surface area (TPSA) is 20.3 Å². The predicted octanol–water partition coefficient (Wildman–Crippen LogP) is 6.28. The van der Waals surface area contributed by atoms with Crippen LogP contribution in [0.1, 0.15) is 38.1 Å². The fourth-order valence-corrected chi connectivity index (χ4v) is 3.71. The number of benzene rings is 3. The molecule has 138 valence electrons. The highest BCUT2D eigenvalue weighted by Gasteiger charge is 2.25. The third-order valence-corrected chi connectivity index (χ3v) is 4.79. The van der Waals surface area contributed by atoms with E-state index < -0.39 is 0 Å². The van der Waals surface area contributed by atoms with Crippen molar-refractivity contribution >= 4 is 5.91 Å². The molecule has 1 amide bonds. The molecule has 0 unspecified atom stereocenters. The largest absolute Gasteiger partial charge is 0.334 e. The van der Waals surface area contributed by atoms with Gasteiger partial charge < -0.3 is 4.90 Å². The molecule has 0 radical (unpaired) electrons. The summed E-state index contributed by atoms with van der Waals surface area (Å²) in [6.07, 6.45) is 0. The van der Waals surface area contributed by atoms with Crippen LogP contribution in [0.3, 0.4) is 0 Å². The molecule has 0 saturated heterocycles. The van der Waals surface area contributed by atoms with E-state index in [0.29, 0.717) is 0 Å². The number of hydrogen-bond donors (Lipinski definition) is 0. The Morgan fingerprint density at radius 2 is 1.19 bits per heavy atom. The maximum Gasteiger partial charge on any atom is 0.254 e. The van der Waals surface area contributed by atoms with Gasteiger partial charge in [0.2, 0.25) is 0 Å². The molecular formula is C25H27NO. The minimum atomic E-state index is 0.0802. The third kappa shape index (κ3) is 3.95. The Hall–Kier alpha value is -2.87. The molecule has 0 fully saturated rings. The average molecular weight is 357 g/mol. The minimum absolute atomic E-state index is 0.0802. The molecule has 0 atom stereocenters. The Morgan fingerprint density at radius 1 is 0.667 bits per heavy atom. The lowest BCUT2D eigenvalue weighted by Crippen LogP contribution is -2.42. The number of carbonyl (C=O) groups excluding carboxylic acids is 1. The Balaban J connectivity index is 2.25. The molecule has 0 aromatic heterocycles. The van der Waals surface area contributed by atoms with E-state index in [-0.39, 0.29) is 18.0 Å². The number of carbonyl (C=O) groups is 1. The van der Waals surface area contributed by atoms with E-state index in [4.69, 9.17) is 0 Å². The van der Waals surface area contributed by atoms with Crippen LogP contribution >= 0.6 is 0 Å². The Morgan fingerprint density at radius 3 is 1.70 bits per heavy atom. The normalized spacial score (nSPS) is 11.0. The quantitative estimate of drug-likeness (QED) is 0.526. The Labute approximate surface area is 162 Å². The SMILES string of the molecule is CC(C)N(C(=O)c1cccc(-c2ccccc2)c1-c1ccccc1)C(C)C. The first-order valence-electron chi connectivity index (χ1n) is 9.57. The smallest absolute Gasteiger partial charge is 0.254 e. The molecule has 0 aliphatic rings. The highest BCUT2D eigenvalue weighted by molar-refractivity contribution is 6.05. The van der Waals surface area contributed by atoms with Crippen molar-refractivity contribution in [3.8, 4) is 22.3 Å². The number of nitrogens with zero attached hydrogens (tertiary/aromatic N) is 1. The summed E-state index contributed by atoms with van der Waals surface area (Å²) < 4.78 is 0. The standard InChI is InChI=1S/C25H27NO/c1-18(2)26(19(3)4)25(27)23-17-11-16-22(20-12-7-5-8-13-20)24(23)21-14-9-6-10-15-21/h5-19H,1-4H3. The Bertz CT molecular complexity index is 890. The van der Waals surface area contributed by atoms with Gasteiger partial charge in [0.25, 0.3) is 5.91 Å². The van der Waals surface area contributed by atoms with Crippen molar-refractivity contribution in [3.63, 3.8) is 0 Å². The molecule has 0 aliphatic heterocycles. The summed E-state index contributed by atoms with van der Waals surface area (Å²) in [6.45, 7) is 8.28. The molecule has 2 heteroatoms. The predicted molar refractivity (Wildman–Crippen MR) is 114 cm³/mol. The lowest BCUT2D eigenvalue weighted by atomic mass is 9.89. The van der Waals surface area contributed by atoms with Crippen LogP contribution in [0.2, 0.25) is 0 Å². The molecule has 0 saturated carbocycles. The van der Waals surface area contributed by atoms with E-state index in [2.05, 4.69) is 58.0 Å². The van der Waals surface area contributed by atoms with Crippen LogP contribution in [-0.2, 0) is 0 Å². The van der Waals surface area contributed by atoms with Crippen molar-refractivity contribution in [2.45, 2.75) is 39.8 Å². The van der Waals surface area contributed by atoms with E-state index >= 15 is 0 Å². The van der Waals surface area contributed by atoms with Gasteiger partial charge in [0.1, 0.15) is 0 Å². The van der Waals surface area contributed by atoms with Gasteiger partial charge >= 0.3 is 0 Å². The van der Waals surface area contributed by atoms with Crippen molar-refractivity contribution in [1.29, 1.82) is 0 Å². The molecule has 0 N–H and O–H groups in total. The van der Waals surface area contributed by atoms with Crippen LogP contribution in [0.25, 0.3) is 22.3 Å². The lowest BCUT2D eigenvalue weighted by Gasteiger charge is -2.32. The third-order valence-electron chi connectivity index (χ3n) is 4.79. The molecule has 2 nitrogen and oxygen atoms in total. The fourth-order valence-electron chi connectivity index (χ4n) is 3.71. The van der Waals surface area contributed by atoms with Crippen LogP contribution in [0.4, 0.5) is 0 Å². The molecule has 0 spiro atoms. The first-order chi connectivity index (χ1) is 13.0. The van der Waals surface area contributed by atoms with E-state index in [0.717, 1.165) is 27.8 Å². The number of rotatable bonds is 5. The van der Waals surface area contributed by atoms with Crippen molar-refractivity contribution in [2.75, 3.05) is 0 Å². The first kappa shape index (κ1) is 18.9. The molecule has 3 aromatic rings. The zero-order chi connectivity index (χ0) is 19.4. The molecular weight excluding hydrogens is 330 g/mol. The van der Waals surface area contributed by atoms with Crippen LogP contribution in [0, 0.1) is 0 Å². The fraction of sp³-hybridized carbons (Fsp3) is 0.240. The van der Waals surface area contributed by atoms with Crippen molar-refractivity contribution in [3.05, 3.63) is 84.4 Å². The number of amides is 1. The lowest BCUT2D eigenvalue weighted by molar-refractivity contribution is 0.0644. The van der Waals surface area contributed by atoms with Gasteiger partial charge in [0.05, 0.1) is 0 Å². The summed E-state index contributed by atoms with van der Waals surface area (Å²) in [4.78, 5) is 15.5. The zero-order valence-electron chi connectivity index (χ0n) is 16.5. The number of hydrogen-bond acceptors (Lipinski definition) is 1. The van der Waals surface area contributed by atoms with Gasteiger partial charge in [-0.1, -0.05) is 72.8 Å². The zero-order valence-corrected chi connectivity index (χ0v) is 16.5. The summed E-state index contributed by atoms with van der Waals surface area (Å²) in [5.74, 6) is 0.0802. The van der Waals surface area contributed by atoms with Crippen LogP contribution in [-0.4, -0.2) is 22.9 Å². The summed E-state index contributed by atoms with van der Waals surface area (Å²) in [5, 5.41) is 0. The van der Waals surface area contributed by atoms with Gasteiger partial charge in [0.15, 0.2) is 0 Å². The summed E-state index contributed by atoms with van der Waals surface area (Å²) in [5.41, 5.74) is 5.02. The molecule has 3 aromatic carbocycles. The highest BCUT2D eigenvalue weighted by Crippen LogP contribution is 2.36.